The Balaban J connectivity index is 1.69. The summed E-state index contributed by atoms with van der Waals surface area (Å²) in [6.45, 7) is 0. The lowest BCUT2D eigenvalue weighted by molar-refractivity contribution is 0.618. The highest BCUT2D eigenvalue weighted by molar-refractivity contribution is 7.18. The Morgan fingerprint density at radius 1 is 0.909 bits per heavy atom. The highest BCUT2D eigenvalue weighted by atomic mass is 32.1. The van der Waals surface area contributed by atoms with Gasteiger partial charge in [0.1, 0.15) is 17.0 Å². The number of anilines is 1. The number of fused-ring (bicyclic) bond motifs is 3. The predicted molar refractivity (Wildman–Crippen MR) is 93.8 cm³/mol. The van der Waals surface area contributed by atoms with Crippen LogP contribution in [-0.4, -0.2) is 16.0 Å². The lowest BCUT2D eigenvalue weighted by atomic mass is 10.1. The molecule has 0 aliphatic heterocycles. The molecule has 1 N–H and O–H groups in total. The molecule has 2 aliphatic carbocycles. The number of rotatable bonds is 2. The second-order valence-corrected chi connectivity index (χ2v) is 7.88. The van der Waals surface area contributed by atoms with Gasteiger partial charge in [-0.25, -0.2) is 9.97 Å². The van der Waals surface area contributed by atoms with Gasteiger partial charge >= 0.3 is 0 Å². The number of nitrogens with zero attached hydrogens (tertiary/aromatic N) is 2. The predicted octanol–water partition coefficient (Wildman–Crippen LogP) is 5.09. The molecule has 0 bridgehead atoms. The molecule has 4 rings (SSSR count). The summed E-state index contributed by atoms with van der Waals surface area (Å²) in [5.41, 5.74) is 1.55. The summed E-state index contributed by atoms with van der Waals surface area (Å²) in [5.74, 6) is 1.11. The molecular weight excluding hydrogens is 290 g/mol. The molecule has 1 fully saturated rings. The van der Waals surface area contributed by atoms with E-state index in [0.29, 0.717) is 6.04 Å². The van der Waals surface area contributed by atoms with Crippen LogP contribution in [0.3, 0.4) is 0 Å². The van der Waals surface area contributed by atoms with Crippen molar-refractivity contribution in [3.63, 3.8) is 0 Å². The van der Waals surface area contributed by atoms with Crippen LogP contribution in [0.2, 0.25) is 0 Å². The van der Waals surface area contributed by atoms with E-state index in [1.165, 1.54) is 80.8 Å². The van der Waals surface area contributed by atoms with E-state index in [4.69, 9.17) is 0 Å². The van der Waals surface area contributed by atoms with Crippen LogP contribution >= 0.6 is 11.3 Å². The minimum absolute atomic E-state index is 0.599. The number of thiophene rings is 1. The van der Waals surface area contributed by atoms with Crippen molar-refractivity contribution in [1.82, 2.24) is 9.97 Å². The average Bonchev–Trinajstić information content (AvgIpc) is 2.73. The van der Waals surface area contributed by atoms with Crippen LogP contribution in [0.5, 0.6) is 0 Å². The van der Waals surface area contributed by atoms with Crippen molar-refractivity contribution in [3.05, 3.63) is 16.8 Å². The minimum Gasteiger partial charge on any atom is -0.367 e. The summed E-state index contributed by atoms with van der Waals surface area (Å²) in [4.78, 5) is 11.9. The molecule has 3 nitrogen and oxygen atoms in total. The van der Waals surface area contributed by atoms with Gasteiger partial charge in [0.2, 0.25) is 0 Å². The lowest BCUT2D eigenvalue weighted by Crippen LogP contribution is -2.19. The van der Waals surface area contributed by atoms with E-state index < -0.39 is 0 Å². The van der Waals surface area contributed by atoms with E-state index in [2.05, 4.69) is 15.3 Å². The fraction of sp³-hybridized carbons (Fsp3) is 0.667. The van der Waals surface area contributed by atoms with Gasteiger partial charge in [-0.1, -0.05) is 32.1 Å². The van der Waals surface area contributed by atoms with Crippen molar-refractivity contribution in [3.8, 4) is 0 Å². The summed E-state index contributed by atoms with van der Waals surface area (Å²) in [7, 11) is 0. The van der Waals surface area contributed by atoms with Gasteiger partial charge in [-0.15, -0.1) is 11.3 Å². The Bertz CT molecular complexity index is 641. The zero-order valence-corrected chi connectivity index (χ0v) is 14.1. The molecule has 4 heteroatoms. The molecular formula is C18H25N3S. The third-order valence-electron chi connectivity index (χ3n) is 5.20. The van der Waals surface area contributed by atoms with E-state index in [-0.39, 0.29) is 0 Å². The topological polar surface area (TPSA) is 37.8 Å². The first-order valence-corrected chi connectivity index (χ1v) is 9.75. The van der Waals surface area contributed by atoms with Crippen molar-refractivity contribution < 1.29 is 0 Å². The van der Waals surface area contributed by atoms with Gasteiger partial charge in [0, 0.05) is 10.9 Å². The first kappa shape index (κ1) is 14.4. The molecule has 0 saturated heterocycles. The summed E-state index contributed by atoms with van der Waals surface area (Å²) in [6, 6.07) is 0.599. The molecule has 0 amide bonds. The monoisotopic (exact) mass is 315 g/mol. The van der Waals surface area contributed by atoms with Crippen LogP contribution in [0, 0.1) is 0 Å². The largest absolute Gasteiger partial charge is 0.367 e. The van der Waals surface area contributed by atoms with Gasteiger partial charge in [-0.3, -0.25) is 0 Å². The summed E-state index contributed by atoms with van der Waals surface area (Å²) < 4.78 is 0. The van der Waals surface area contributed by atoms with Gasteiger partial charge in [0.25, 0.3) is 0 Å². The van der Waals surface area contributed by atoms with E-state index >= 15 is 0 Å². The standard InChI is InChI=1S/C18H25N3S/c1-2-5-9-13(8-4-1)21-17-16-14-10-6-3-7-11-15(14)22-18(16)20-12-19-17/h12-13H,1-11H2,(H,19,20,21). The summed E-state index contributed by atoms with van der Waals surface area (Å²) >= 11 is 1.90. The van der Waals surface area contributed by atoms with Crippen LogP contribution in [0.4, 0.5) is 5.82 Å². The third kappa shape index (κ3) is 2.85. The molecule has 2 heterocycles. The van der Waals surface area contributed by atoms with Gasteiger partial charge in [-0.2, -0.15) is 0 Å². The number of hydrogen-bond donors (Lipinski definition) is 1. The molecule has 2 aromatic heterocycles. The second kappa shape index (κ2) is 6.53. The van der Waals surface area contributed by atoms with Gasteiger partial charge in [-0.05, 0) is 44.1 Å². The quantitative estimate of drug-likeness (QED) is 0.619. The Morgan fingerprint density at radius 3 is 2.55 bits per heavy atom. The van der Waals surface area contributed by atoms with Gasteiger partial charge < -0.3 is 5.32 Å². The lowest BCUT2D eigenvalue weighted by Gasteiger charge is -2.17. The maximum Gasteiger partial charge on any atom is 0.138 e. The Kier molecular flexibility index (Phi) is 4.28. The van der Waals surface area contributed by atoms with Crippen molar-refractivity contribution in [2.45, 2.75) is 76.7 Å². The summed E-state index contributed by atoms with van der Waals surface area (Å²) in [5, 5.41) is 5.12. The van der Waals surface area contributed by atoms with Gasteiger partial charge in [0.05, 0.1) is 5.39 Å². The maximum absolute atomic E-state index is 4.63. The van der Waals surface area contributed by atoms with Crippen molar-refractivity contribution in [1.29, 1.82) is 0 Å². The molecule has 2 aromatic rings. The van der Waals surface area contributed by atoms with E-state index in [9.17, 15) is 0 Å². The number of nitrogens with one attached hydrogen (secondary N) is 1. The molecule has 0 aromatic carbocycles. The average molecular weight is 315 g/mol. The number of aryl methyl sites for hydroxylation is 2. The Labute approximate surface area is 136 Å². The van der Waals surface area contributed by atoms with Crippen LogP contribution < -0.4 is 5.32 Å². The normalized spacial score (nSPS) is 20.4. The van der Waals surface area contributed by atoms with Crippen LogP contribution in [-0.2, 0) is 12.8 Å². The highest BCUT2D eigenvalue weighted by Crippen LogP contribution is 2.38. The molecule has 1 saturated carbocycles. The minimum atomic E-state index is 0.599. The summed E-state index contributed by atoms with van der Waals surface area (Å²) in [6.07, 6.45) is 16.3. The third-order valence-corrected chi connectivity index (χ3v) is 6.40. The first-order valence-electron chi connectivity index (χ1n) is 8.93. The van der Waals surface area contributed by atoms with E-state index in [0.717, 1.165) is 5.82 Å². The molecule has 2 aliphatic rings. The molecule has 0 atom stereocenters. The molecule has 0 unspecified atom stereocenters. The van der Waals surface area contributed by atoms with Crippen molar-refractivity contribution in [2.75, 3.05) is 5.32 Å². The zero-order chi connectivity index (χ0) is 14.8. The van der Waals surface area contributed by atoms with Crippen molar-refractivity contribution in [2.24, 2.45) is 0 Å². The zero-order valence-electron chi connectivity index (χ0n) is 13.2. The Hall–Kier alpha value is -1.16. The van der Waals surface area contributed by atoms with Gasteiger partial charge in [0.15, 0.2) is 0 Å². The maximum atomic E-state index is 4.63. The number of aromatic nitrogens is 2. The number of hydrogen-bond acceptors (Lipinski definition) is 4. The van der Waals surface area contributed by atoms with Crippen LogP contribution in [0.1, 0.15) is 68.2 Å². The SMILES string of the molecule is c1nc(NC2CCCCCC2)c2c3c(sc2n1)CCCCC3. The van der Waals surface area contributed by atoms with Crippen LogP contribution in [0.25, 0.3) is 10.2 Å². The van der Waals surface area contributed by atoms with E-state index in [1.54, 1.807) is 16.8 Å². The fourth-order valence-electron chi connectivity index (χ4n) is 3.99. The Morgan fingerprint density at radius 2 is 1.68 bits per heavy atom. The molecule has 118 valence electrons. The molecule has 22 heavy (non-hydrogen) atoms. The second-order valence-electron chi connectivity index (χ2n) is 6.80. The molecule has 0 radical (unpaired) electrons. The van der Waals surface area contributed by atoms with Crippen LogP contribution in [0.15, 0.2) is 6.33 Å². The fourth-order valence-corrected chi connectivity index (χ4v) is 5.22. The van der Waals surface area contributed by atoms with E-state index in [1.807, 2.05) is 11.3 Å². The highest BCUT2D eigenvalue weighted by Gasteiger charge is 2.20. The smallest absolute Gasteiger partial charge is 0.138 e. The van der Waals surface area contributed by atoms with Crippen molar-refractivity contribution >= 4 is 27.4 Å². The first-order chi connectivity index (χ1) is 10.9. The molecule has 0 spiro atoms.